The van der Waals surface area contributed by atoms with Crippen LogP contribution in [0.25, 0.3) is 0 Å². The normalized spacial score (nSPS) is 17.9. The summed E-state index contributed by atoms with van der Waals surface area (Å²) in [5.74, 6) is -1.81. The van der Waals surface area contributed by atoms with Crippen molar-refractivity contribution in [1.82, 2.24) is 4.98 Å². The summed E-state index contributed by atoms with van der Waals surface area (Å²) in [6.07, 6.45) is -2.10. The molecule has 1 N–H and O–H groups in total. The molecule has 0 bridgehead atoms. The molecule has 2 fully saturated rings. The lowest BCUT2D eigenvalue weighted by atomic mass is 9.82. The second-order valence-electron chi connectivity index (χ2n) is 8.43. The standard InChI is InChI=1S/C21H19ClF4N2O3/c1-20(8-28(9-20)16-6-18(22)27-7-14(16)21(24,25)26)10-31-17-5-15(23)13(19(29)30)4-12(17)11-2-3-11/h4-7,11H,2-3,8-10H2,1H3,(H,29,30). The Hall–Kier alpha value is -2.55. The van der Waals surface area contributed by atoms with E-state index in [4.69, 9.17) is 21.4 Å². The fourth-order valence-corrected chi connectivity index (χ4v) is 4.02. The van der Waals surface area contributed by atoms with Gasteiger partial charge in [-0.15, -0.1) is 0 Å². The lowest BCUT2D eigenvalue weighted by Crippen LogP contribution is -2.58. The molecule has 2 aliphatic rings. The molecule has 10 heteroatoms. The molecule has 0 unspecified atom stereocenters. The van der Waals surface area contributed by atoms with E-state index in [2.05, 4.69) is 4.98 Å². The highest BCUT2D eigenvalue weighted by molar-refractivity contribution is 6.29. The second-order valence-corrected chi connectivity index (χ2v) is 8.81. The minimum atomic E-state index is -4.56. The summed E-state index contributed by atoms with van der Waals surface area (Å²) in [5.41, 5.74) is -1.12. The summed E-state index contributed by atoms with van der Waals surface area (Å²) in [4.78, 5) is 16.3. The van der Waals surface area contributed by atoms with Crippen molar-refractivity contribution >= 4 is 23.3 Å². The maximum atomic E-state index is 14.2. The maximum absolute atomic E-state index is 14.2. The molecule has 0 atom stereocenters. The fraction of sp³-hybridized carbons (Fsp3) is 0.429. The van der Waals surface area contributed by atoms with Crippen LogP contribution in [0.3, 0.4) is 0 Å². The Balaban J connectivity index is 1.48. The Morgan fingerprint density at radius 2 is 2.00 bits per heavy atom. The van der Waals surface area contributed by atoms with Crippen LogP contribution in [0, 0.1) is 11.2 Å². The number of anilines is 1. The van der Waals surface area contributed by atoms with Gasteiger partial charge in [0.05, 0.1) is 23.4 Å². The number of hydrogen-bond donors (Lipinski definition) is 1. The Labute approximate surface area is 180 Å². The van der Waals surface area contributed by atoms with E-state index in [1.807, 2.05) is 6.92 Å². The molecule has 1 aliphatic carbocycles. The molecule has 1 aromatic carbocycles. The van der Waals surface area contributed by atoms with E-state index in [0.717, 1.165) is 25.1 Å². The van der Waals surface area contributed by atoms with E-state index in [1.54, 1.807) is 4.90 Å². The van der Waals surface area contributed by atoms with Crippen LogP contribution in [0.15, 0.2) is 24.4 Å². The first-order valence-electron chi connectivity index (χ1n) is 9.64. The number of alkyl halides is 3. The molecule has 0 spiro atoms. The Morgan fingerprint density at radius 1 is 1.32 bits per heavy atom. The van der Waals surface area contributed by atoms with Crippen LogP contribution in [-0.4, -0.2) is 35.8 Å². The van der Waals surface area contributed by atoms with Gasteiger partial charge in [0.25, 0.3) is 0 Å². The molecule has 4 rings (SSSR count). The van der Waals surface area contributed by atoms with Gasteiger partial charge in [0.15, 0.2) is 0 Å². The van der Waals surface area contributed by atoms with Gasteiger partial charge in [-0.05, 0) is 36.5 Å². The third-order valence-corrected chi connectivity index (χ3v) is 5.77. The van der Waals surface area contributed by atoms with Crippen molar-refractivity contribution in [3.63, 3.8) is 0 Å². The molecular formula is C21H19ClF4N2O3. The number of carboxylic acid groups (broad SMARTS) is 1. The number of hydrogen-bond acceptors (Lipinski definition) is 4. The van der Waals surface area contributed by atoms with Crippen molar-refractivity contribution in [3.8, 4) is 5.75 Å². The van der Waals surface area contributed by atoms with Gasteiger partial charge in [0.1, 0.15) is 16.7 Å². The van der Waals surface area contributed by atoms with Crippen molar-refractivity contribution in [1.29, 1.82) is 0 Å². The zero-order valence-electron chi connectivity index (χ0n) is 16.5. The zero-order valence-corrected chi connectivity index (χ0v) is 17.2. The second kappa shape index (κ2) is 7.55. The number of benzene rings is 1. The maximum Gasteiger partial charge on any atom is 0.419 e. The number of pyridine rings is 1. The SMILES string of the molecule is CC1(COc2cc(F)c(C(=O)O)cc2C2CC2)CN(c2cc(Cl)ncc2C(F)(F)F)C1. The first-order valence-corrected chi connectivity index (χ1v) is 10.0. The van der Waals surface area contributed by atoms with E-state index < -0.39 is 34.5 Å². The van der Waals surface area contributed by atoms with Crippen LogP contribution >= 0.6 is 11.6 Å². The molecule has 1 saturated heterocycles. The Morgan fingerprint density at radius 3 is 2.58 bits per heavy atom. The minimum Gasteiger partial charge on any atom is -0.492 e. The molecule has 0 amide bonds. The average molecular weight is 459 g/mol. The van der Waals surface area contributed by atoms with E-state index in [9.17, 15) is 22.4 Å². The van der Waals surface area contributed by atoms with Gasteiger partial charge in [0, 0.05) is 30.8 Å². The third kappa shape index (κ3) is 4.42. The molecule has 0 radical (unpaired) electrons. The predicted molar refractivity (Wildman–Crippen MR) is 105 cm³/mol. The molecule has 2 aromatic rings. The number of aromatic nitrogens is 1. The molecular weight excluding hydrogens is 440 g/mol. The summed E-state index contributed by atoms with van der Waals surface area (Å²) in [6, 6.07) is 3.59. The van der Waals surface area contributed by atoms with Crippen molar-refractivity contribution in [2.45, 2.75) is 31.9 Å². The summed E-state index contributed by atoms with van der Waals surface area (Å²) in [6.45, 7) is 2.57. The van der Waals surface area contributed by atoms with E-state index in [1.165, 1.54) is 12.1 Å². The van der Waals surface area contributed by atoms with E-state index in [-0.39, 0.29) is 42.2 Å². The van der Waals surface area contributed by atoms with Gasteiger partial charge >= 0.3 is 12.1 Å². The van der Waals surface area contributed by atoms with Gasteiger partial charge in [-0.2, -0.15) is 13.2 Å². The van der Waals surface area contributed by atoms with Gasteiger partial charge < -0.3 is 14.7 Å². The summed E-state index contributed by atoms with van der Waals surface area (Å²) >= 11 is 5.80. The van der Waals surface area contributed by atoms with Gasteiger partial charge in [-0.3, -0.25) is 0 Å². The van der Waals surface area contributed by atoms with Gasteiger partial charge in [-0.1, -0.05) is 18.5 Å². The average Bonchev–Trinajstić information content (AvgIpc) is 3.47. The fourth-order valence-electron chi connectivity index (χ4n) is 3.86. The largest absolute Gasteiger partial charge is 0.492 e. The molecule has 2 heterocycles. The first-order chi connectivity index (χ1) is 14.5. The van der Waals surface area contributed by atoms with Crippen LogP contribution in [0.5, 0.6) is 5.75 Å². The van der Waals surface area contributed by atoms with Crippen LogP contribution < -0.4 is 9.64 Å². The molecule has 1 saturated carbocycles. The molecule has 1 aliphatic heterocycles. The van der Waals surface area contributed by atoms with Crippen molar-refractivity contribution < 1.29 is 32.2 Å². The summed E-state index contributed by atoms with van der Waals surface area (Å²) in [7, 11) is 0. The highest BCUT2D eigenvalue weighted by Gasteiger charge is 2.44. The minimum absolute atomic E-state index is 0.0316. The van der Waals surface area contributed by atoms with Crippen molar-refractivity contribution in [2.75, 3.05) is 24.6 Å². The zero-order chi connectivity index (χ0) is 22.6. The monoisotopic (exact) mass is 458 g/mol. The number of ether oxygens (including phenoxy) is 1. The van der Waals surface area contributed by atoms with Crippen LogP contribution in [-0.2, 0) is 6.18 Å². The van der Waals surface area contributed by atoms with Crippen LogP contribution in [0.2, 0.25) is 5.15 Å². The quantitative estimate of drug-likeness (QED) is 0.465. The van der Waals surface area contributed by atoms with E-state index in [0.29, 0.717) is 5.56 Å². The Kier molecular flexibility index (Phi) is 5.28. The van der Waals surface area contributed by atoms with Gasteiger partial charge in [-0.25, -0.2) is 14.2 Å². The Bertz CT molecular complexity index is 1030. The summed E-state index contributed by atoms with van der Waals surface area (Å²) in [5, 5.41) is 9.11. The number of nitrogens with zero attached hydrogens (tertiary/aromatic N) is 2. The van der Waals surface area contributed by atoms with E-state index >= 15 is 0 Å². The highest BCUT2D eigenvalue weighted by Crippen LogP contribution is 2.46. The third-order valence-electron chi connectivity index (χ3n) is 5.56. The first kappa shape index (κ1) is 21.7. The number of carbonyl (C=O) groups is 1. The smallest absolute Gasteiger partial charge is 0.419 e. The van der Waals surface area contributed by atoms with Crippen LogP contribution in [0.1, 0.15) is 47.2 Å². The number of carboxylic acids is 1. The number of rotatable bonds is 6. The predicted octanol–water partition coefficient (Wildman–Crippen LogP) is 5.37. The number of aromatic carboxylic acids is 1. The molecule has 166 valence electrons. The molecule has 5 nitrogen and oxygen atoms in total. The van der Waals surface area contributed by atoms with Crippen molar-refractivity contribution in [3.05, 3.63) is 52.1 Å². The molecule has 31 heavy (non-hydrogen) atoms. The van der Waals surface area contributed by atoms with Gasteiger partial charge in [0.2, 0.25) is 0 Å². The lowest BCUT2D eigenvalue weighted by Gasteiger charge is -2.49. The molecule has 1 aromatic heterocycles. The number of halogens is 5. The summed E-state index contributed by atoms with van der Waals surface area (Å²) < 4.78 is 59.9. The topological polar surface area (TPSA) is 62.7 Å². The highest BCUT2D eigenvalue weighted by atomic mass is 35.5. The lowest BCUT2D eigenvalue weighted by molar-refractivity contribution is -0.137. The van der Waals surface area contributed by atoms with Crippen LogP contribution in [0.4, 0.5) is 23.2 Å². The van der Waals surface area contributed by atoms with Crippen molar-refractivity contribution in [2.24, 2.45) is 5.41 Å².